The van der Waals surface area contributed by atoms with Crippen molar-refractivity contribution in [2.75, 3.05) is 23.7 Å². The van der Waals surface area contributed by atoms with Crippen molar-refractivity contribution in [1.82, 2.24) is 0 Å². The Kier molecular flexibility index (Phi) is 2.05. The zero-order valence-electron chi connectivity index (χ0n) is 8.20. The molecule has 1 heterocycles. The first-order chi connectivity index (χ1) is 6.70. The van der Waals surface area contributed by atoms with Crippen molar-refractivity contribution in [1.29, 1.82) is 5.26 Å². The fourth-order valence-electron chi connectivity index (χ4n) is 1.81. The molecule has 1 aromatic rings. The minimum absolute atomic E-state index is 0.625. The van der Waals surface area contributed by atoms with Crippen molar-refractivity contribution in [3.05, 3.63) is 23.8 Å². The summed E-state index contributed by atoms with van der Waals surface area (Å²) in [5.74, 6) is 0.755. The molecule has 0 radical (unpaired) electrons. The Balaban J connectivity index is 2.24. The summed E-state index contributed by atoms with van der Waals surface area (Å²) < 4.78 is 0. The Labute approximate surface area is 83.7 Å². The van der Waals surface area contributed by atoms with Crippen molar-refractivity contribution in [3.8, 4) is 6.07 Å². The number of nitrogens with two attached hydrogens (primary N) is 1. The maximum absolute atomic E-state index is 8.69. The average Bonchev–Trinajstić information content (AvgIpc) is 2.13. The SMILES string of the molecule is CC1CN(c2ccc(C#N)cc2N)C1. The molecule has 0 spiro atoms. The normalized spacial score (nSPS) is 16.1. The largest absolute Gasteiger partial charge is 0.397 e. The lowest BCUT2D eigenvalue weighted by atomic mass is 10.0. The van der Waals surface area contributed by atoms with Crippen LogP contribution in [0.2, 0.25) is 0 Å². The lowest BCUT2D eigenvalue weighted by Crippen LogP contribution is -2.45. The van der Waals surface area contributed by atoms with E-state index in [1.807, 2.05) is 12.1 Å². The van der Waals surface area contributed by atoms with Crippen LogP contribution in [0.1, 0.15) is 12.5 Å². The summed E-state index contributed by atoms with van der Waals surface area (Å²) >= 11 is 0. The van der Waals surface area contributed by atoms with Crippen LogP contribution in [-0.4, -0.2) is 13.1 Å². The van der Waals surface area contributed by atoms with E-state index in [9.17, 15) is 0 Å². The molecule has 72 valence electrons. The second kappa shape index (κ2) is 3.22. The van der Waals surface area contributed by atoms with Gasteiger partial charge in [-0.2, -0.15) is 5.26 Å². The van der Waals surface area contributed by atoms with Crippen LogP contribution in [0.15, 0.2) is 18.2 Å². The molecule has 1 aliphatic heterocycles. The molecule has 0 bridgehead atoms. The monoisotopic (exact) mass is 187 g/mol. The Hall–Kier alpha value is -1.69. The zero-order valence-corrected chi connectivity index (χ0v) is 8.20. The van der Waals surface area contributed by atoms with E-state index in [-0.39, 0.29) is 0 Å². The number of rotatable bonds is 1. The summed E-state index contributed by atoms with van der Waals surface area (Å²) in [7, 11) is 0. The van der Waals surface area contributed by atoms with E-state index in [2.05, 4.69) is 17.9 Å². The molecule has 2 N–H and O–H groups in total. The Morgan fingerprint density at radius 1 is 1.50 bits per heavy atom. The number of anilines is 2. The molecule has 0 aliphatic carbocycles. The predicted molar refractivity (Wildman–Crippen MR) is 56.9 cm³/mol. The first kappa shape index (κ1) is 8.89. The second-order valence-corrected chi connectivity index (χ2v) is 3.90. The molecule has 3 nitrogen and oxygen atoms in total. The highest BCUT2D eigenvalue weighted by molar-refractivity contribution is 5.70. The quantitative estimate of drug-likeness (QED) is 0.679. The van der Waals surface area contributed by atoms with Crippen molar-refractivity contribution >= 4 is 11.4 Å². The van der Waals surface area contributed by atoms with Crippen molar-refractivity contribution < 1.29 is 0 Å². The van der Waals surface area contributed by atoms with Gasteiger partial charge in [-0.3, -0.25) is 0 Å². The van der Waals surface area contributed by atoms with Gasteiger partial charge < -0.3 is 10.6 Å². The smallest absolute Gasteiger partial charge is 0.0992 e. The molecular formula is C11H13N3. The van der Waals surface area contributed by atoms with E-state index in [0.717, 1.165) is 24.7 Å². The highest BCUT2D eigenvalue weighted by Crippen LogP contribution is 2.29. The van der Waals surface area contributed by atoms with Crippen LogP contribution >= 0.6 is 0 Å². The standard InChI is InChI=1S/C11H13N3/c1-8-6-14(7-8)11-3-2-9(5-12)4-10(11)13/h2-4,8H,6-7,13H2,1H3. The maximum Gasteiger partial charge on any atom is 0.0992 e. The van der Waals surface area contributed by atoms with Crippen LogP contribution < -0.4 is 10.6 Å². The molecule has 0 aromatic heterocycles. The maximum atomic E-state index is 8.69. The fraction of sp³-hybridized carbons (Fsp3) is 0.364. The van der Waals surface area contributed by atoms with Gasteiger partial charge in [0, 0.05) is 13.1 Å². The summed E-state index contributed by atoms with van der Waals surface area (Å²) in [6.45, 7) is 4.35. The average molecular weight is 187 g/mol. The van der Waals surface area contributed by atoms with Crippen LogP contribution in [-0.2, 0) is 0 Å². The number of nitrogen functional groups attached to an aromatic ring is 1. The van der Waals surface area contributed by atoms with Gasteiger partial charge in [0.25, 0.3) is 0 Å². The number of nitrogens with zero attached hydrogens (tertiary/aromatic N) is 2. The minimum Gasteiger partial charge on any atom is -0.397 e. The van der Waals surface area contributed by atoms with Gasteiger partial charge in [0.2, 0.25) is 0 Å². The van der Waals surface area contributed by atoms with Gasteiger partial charge in [-0.15, -0.1) is 0 Å². The lowest BCUT2D eigenvalue weighted by molar-refractivity contribution is 0.448. The fourth-order valence-corrected chi connectivity index (χ4v) is 1.81. The molecule has 14 heavy (non-hydrogen) atoms. The van der Waals surface area contributed by atoms with E-state index in [4.69, 9.17) is 11.0 Å². The molecule has 1 aromatic carbocycles. The van der Waals surface area contributed by atoms with Crippen molar-refractivity contribution in [3.63, 3.8) is 0 Å². The lowest BCUT2D eigenvalue weighted by Gasteiger charge is -2.39. The van der Waals surface area contributed by atoms with Gasteiger partial charge >= 0.3 is 0 Å². The van der Waals surface area contributed by atoms with E-state index < -0.39 is 0 Å². The molecule has 1 fully saturated rings. The van der Waals surface area contributed by atoms with Gasteiger partial charge in [-0.05, 0) is 24.1 Å². The third-order valence-corrected chi connectivity index (χ3v) is 2.56. The van der Waals surface area contributed by atoms with E-state index in [0.29, 0.717) is 11.3 Å². The molecule has 0 unspecified atom stereocenters. The topological polar surface area (TPSA) is 53.0 Å². The highest BCUT2D eigenvalue weighted by Gasteiger charge is 2.23. The van der Waals surface area contributed by atoms with Gasteiger partial charge in [-0.1, -0.05) is 6.92 Å². The number of benzene rings is 1. The molecular weight excluding hydrogens is 174 g/mol. The van der Waals surface area contributed by atoms with Crippen molar-refractivity contribution in [2.45, 2.75) is 6.92 Å². The summed E-state index contributed by atoms with van der Waals surface area (Å²) in [6, 6.07) is 7.56. The number of hydrogen-bond acceptors (Lipinski definition) is 3. The summed E-state index contributed by atoms with van der Waals surface area (Å²) in [5.41, 5.74) is 8.25. The molecule has 0 atom stereocenters. The molecule has 1 aliphatic rings. The van der Waals surface area contributed by atoms with Gasteiger partial charge in [0.1, 0.15) is 0 Å². The van der Waals surface area contributed by atoms with Crippen LogP contribution in [0.3, 0.4) is 0 Å². The zero-order chi connectivity index (χ0) is 10.1. The highest BCUT2D eigenvalue weighted by atomic mass is 15.2. The molecule has 2 rings (SSSR count). The van der Waals surface area contributed by atoms with Gasteiger partial charge in [-0.25, -0.2) is 0 Å². The van der Waals surface area contributed by atoms with Crippen LogP contribution in [0.4, 0.5) is 11.4 Å². The van der Waals surface area contributed by atoms with E-state index in [1.165, 1.54) is 0 Å². The van der Waals surface area contributed by atoms with E-state index in [1.54, 1.807) is 6.07 Å². The molecule has 3 heteroatoms. The second-order valence-electron chi connectivity index (χ2n) is 3.90. The Morgan fingerprint density at radius 3 is 2.71 bits per heavy atom. The summed E-state index contributed by atoms with van der Waals surface area (Å²) in [4.78, 5) is 2.24. The first-order valence-electron chi connectivity index (χ1n) is 4.75. The number of hydrogen-bond donors (Lipinski definition) is 1. The Bertz CT molecular complexity index is 386. The Morgan fingerprint density at radius 2 is 2.21 bits per heavy atom. The van der Waals surface area contributed by atoms with Gasteiger partial charge in [0.15, 0.2) is 0 Å². The first-order valence-corrected chi connectivity index (χ1v) is 4.75. The molecule has 0 amide bonds. The number of nitriles is 1. The van der Waals surface area contributed by atoms with Crippen LogP contribution in [0.25, 0.3) is 0 Å². The summed E-state index contributed by atoms with van der Waals surface area (Å²) in [6.07, 6.45) is 0. The third-order valence-electron chi connectivity index (χ3n) is 2.56. The molecule has 1 saturated heterocycles. The van der Waals surface area contributed by atoms with Crippen LogP contribution in [0, 0.1) is 17.2 Å². The van der Waals surface area contributed by atoms with Gasteiger partial charge in [0.05, 0.1) is 23.0 Å². The summed E-state index contributed by atoms with van der Waals surface area (Å²) in [5, 5.41) is 8.69. The minimum atomic E-state index is 0.625. The predicted octanol–water partition coefficient (Wildman–Crippen LogP) is 1.60. The molecule has 0 saturated carbocycles. The van der Waals surface area contributed by atoms with E-state index >= 15 is 0 Å². The third kappa shape index (κ3) is 1.39. The van der Waals surface area contributed by atoms with Crippen LogP contribution in [0.5, 0.6) is 0 Å². The van der Waals surface area contributed by atoms with Crippen molar-refractivity contribution in [2.24, 2.45) is 5.92 Å².